The molecule has 2 N–H and O–H groups in total. The third-order valence-corrected chi connectivity index (χ3v) is 3.46. The van der Waals surface area contributed by atoms with Gasteiger partial charge in [-0.1, -0.05) is 6.07 Å². The van der Waals surface area contributed by atoms with Crippen molar-refractivity contribution in [1.82, 2.24) is 10.3 Å². The van der Waals surface area contributed by atoms with E-state index in [1.54, 1.807) is 26.4 Å². The first-order chi connectivity index (χ1) is 11.0. The predicted molar refractivity (Wildman–Crippen MR) is 86.4 cm³/mol. The van der Waals surface area contributed by atoms with Gasteiger partial charge in [-0.25, -0.2) is 0 Å². The van der Waals surface area contributed by atoms with Crippen molar-refractivity contribution in [2.24, 2.45) is 0 Å². The summed E-state index contributed by atoms with van der Waals surface area (Å²) in [5.74, 6) is 0.989. The van der Waals surface area contributed by atoms with E-state index in [1.807, 2.05) is 18.2 Å². The van der Waals surface area contributed by atoms with Gasteiger partial charge in [0.25, 0.3) is 5.91 Å². The highest BCUT2D eigenvalue weighted by atomic mass is 16.5. The molecular formula is C17H20N2O4. The van der Waals surface area contributed by atoms with Crippen molar-refractivity contribution >= 4 is 11.7 Å². The van der Waals surface area contributed by atoms with Gasteiger partial charge in [-0.2, -0.15) is 0 Å². The largest absolute Gasteiger partial charge is 0.493 e. The van der Waals surface area contributed by atoms with Gasteiger partial charge >= 0.3 is 0 Å². The summed E-state index contributed by atoms with van der Waals surface area (Å²) in [6.45, 7) is 1.92. The first kappa shape index (κ1) is 16.6. The smallest absolute Gasteiger partial charge is 0.267 e. The highest BCUT2D eigenvalue weighted by Gasteiger charge is 2.10. The van der Waals surface area contributed by atoms with Gasteiger partial charge in [0.1, 0.15) is 5.69 Å². The lowest BCUT2D eigenvalue weighted by Crippen LogP contribution is -2.26. The van der Waals surface area contributed by atoms with Crippen LogP contribution in [0.2, 0.25) is 0 Å². The highest BCUT2D eigenvalue weighted by molar-refractivity contribution is 5.97. The Balaban J connectivity index is 1.91. The fourth-order valence-electron chi connectivity index (χ4n) is 2.18. The number of H-pyrrole nitrogens is 1. The first-order valence-electron chi connectivity index (χ1n) is 7.24. The molecule has 2 rings (SSSR count). The van der Waals surface area contributed by atoms with Gasteiger partial charge in [0.15, 0.2) is 17.3 Å². The molecule has 1 aromatic carbocycles. The van der Waals surface area contributed by atoms with E-state index in [2.05, 4.69) is 10.3 Å². The monoisotopic (exact) mass is 316 g/mol. The molecule has 0 saturated carbocycles. The van der Waals surface area contributed by atoms with Crippen LogP contribution >= 0.6 is 0 Å². The molecule has 6 nitrogen and oxygen atoms in total. The number of hydrogen-bond acceptors (Lipinski definition) is 4. The molecule has 23 heavy (non-hydrogen) atoms. The SMILES string of the molecule is COc1ccc(CCNC(=O)c2ccc(C(C)=O)[nH]2)cc1OC. The van der Waals surface area contributed by atoms with E-state index in [0.29, 0.717) is 35.9 Å². The zero-order valence-electron chi connectivity index (χ0n) is 13.4. The lowest BCUT2D eigenvalue weighted by Gasteiger charge is -2.10. The van der Waals surface area contributed by atoms with Crippen LogP contribution in [-0.4, -0.2) is 37.4 Å². The maximum Gasteiger partial charge on any atom is 0.267 e. The Labute approximate surface area is 134 Å². The molecule has 0 aliphatic heterocycles. The van der Waals surface area contributed by atoms with Crippen LogP contribution in [0.15, 0.2) is 30.3 Å². The Morgan fingerprint density at radius 3 is 2.35 bits per heavy atom. The van der Waals surface area contributed by atoms with E-state index in [9.17, 15) is 9.59 Å². The number of nitrogens with one attached hydrogen (secondary N) is 2. The zero-order valence-corrected chi connectivity index (χ0v) is 13.4. The van der Waals surface area contributed by atoms with E-state index in [-0.39, 0.29) is 11.7 Å². The molecule has 1 heterocycles. The molecule has 0 fully saturated rings. The van der Waals surface area contributed by atoms with E-state index in [4.69, 9.17) is 9.47 Å². The number of carbonyl (C=O) groups excluding carboxylic acids is 2. The molecule has 0 aliphatic carbocycles. The van der Waals surface area contributed by atoms with Crippen molar-refractivity contribution in [3.63, 3.8) is 0 Å². The maximum absolute atomic E-state index is 12.0. The molecule has 1 aromatic heterocycles. The fraction of sp³-hybridized carbons (Fsp3) is 0.294. The topological polar surface area (TPSA) is 80.4 Å². The van der Waals surface area contributed by atoms with Crippen LogP contribution in [0.3, 0.4) is 0 Å². The Kier molecular flexibility index (Phi) is 5.41. The second kappa shape index (κ2) is 7.49. The predicted octanol–water partition coefficient (Wildman–Crippen LogP) is 2.21. The second-order valence-corrected chi connectivity index (χ2v) is 5.04. The average Bonchev–Trinajstić information content (AvgIpc) is 3.05. The molecule has 1 amide bonds. The number of methoxy groups -OCH3 is 2. The van der Waals surface area contributed by atoms with Crippen molar-refractivity contribution in [1.29, 1.82) is 0 Å². The minimum Gasteiger partial charge on any atom is -0.493 e. The summed E-state index contributed by atoms with van der Waals surface area (Å²) >= 11 is 0. The molecule has 122 valence electrons. The molecule has 2 aromatic rings. The number of ketones is 1. The van der Waals surface area contributed by atoms with Crippen molar-refractivity contribution in [2.75, 3.05) is 20.8 Å². The maximum atomic E-state index is 12.0. The van der Waals surface area contributed by atoms with Crippen LogP contribution in [0.25, 0.3) is 0 Å². The fourth-order valence-corrected chi connectivity index (χ4v) is 2.18. The van der Waals surface area contributed by atoms with Gasteiger partial charge in [0, 0.05) is 13.5 Å². The Morgan fingerprint density at radius 1 is 1.04 bits per heavy atom. The van der Waals surface area contributed by atoms with Crippen molar-refractivity contribution in [3.8, 4) is 11.5 Å². The van der Waals surface area contributed by atoms with Crippen molar-refractivity contribution in [3.05, 3.63) is 47.3 Å². The molecular weight excluding hydrogens is 296 g/mol. The zero-order chi connectivity index (χ0) is 16.8. The lowest BCUT2D eigenvalue weighted by molar-refractivity contribution is 0.0949. The molecule has 0 spiro atoms. The van der Waals surface area contributed by atoms with Crippen LogP contribution in [0.4, 0.5) is 0 Å². The first-order valence-corrected chi connectivity index (χ1v) is 7.24. The van der Waals surface area contributed by atoms with Gasteiger partial charge in [-0.15, -0.1) is 0 Å². The van der Waals surface area contributed by atoms with E-state index < -0.39 is 0 Å². The summed E-state index contributed by atoms with van der Waals surface area (Å²) < 4.78 is 10.4. The minimum atomic E-state index is -0.238. The number of aromatic nitrogens is 1. The number of carbonyl (C=O) groups is 2. The lowest BCUT2D eigenvalue weighted by atomic mass is 10.1. The summed E-state index contributed by atoms with van der Waals surface area (Å²) in [4.78, 5) is 26.0. The quantitative estimate of drug-likeness (QED) is 0.768. The van der Waals surface area contributed by atoms with Gasteiger partial charge in [-0.3, -0.25) is 9.59 Å². The third kappa shape index (κ3) is 4.12. The highest BCUT2D eigenvalue weighted by Crippen LogP contribution is 2.27. The molecule has 0 aliphatic rings. The summed E-state index contributed by atoms with van der Waals surface area (Å²) in [6, 6.07) is 8.84. The molecule has 0 unspecified atom stereocenters. The van der Waals surface area contributed by atoms with Gasteiger partial charge in [0.2, 0.25) is 0 Å². The van der Waals surface area contributed by atoms with Gasteiger partial charge in [-0.05, 0) is 36.2 Å². The molecule has 0 radical (unpaired) electrons. The Morgan fingerprint density at radius 2 is 1.74 bits per heavy atom. The number of rotatable bonds is 7. The van der Waals surface area contributed by atoms with Crippen LogP contribution in [-0.2, 0) is 6.42 Å². The molecule has 6 heteroatoms. The third-order valence-electron chi connectivity index (χ3n) is 3.46. The van der Waals surface area contributed by atoms with Crippen LogP contribution in [0.1, 0.15) is 33.5 Å². The van der Waals surface area contributed by atoms with Crippen LogP contribution < -0.4 is 14.8 Å². The summed E-state index contributed by atoms with van der Waals surface area (Å²) in [5, 5.41) is 2.81. The second-order valence-electron chi connectivity index (χ2n) is 5.04. The van der Waals surface area contributed by atoms with Crippen molar-refractivity contribution in [2.45, 2.75) is 13.3 Å². The Hall–Kier alpha value is -2.76. The number of hydrogen-bond donors (Lipinski definition) is 2. The van der Waals surface area contributed by atoms with Gasteiger partial charge < -0.3 is 19.8 Å². The molecule has 0 saturated heterocycles. The van der Waals surface area contributed by atoms with Gasteiger partial charge in [0.05, 0.1) is 19.9 Å². The summed E-state index contributed by atoms with van der Waals surface area (Å²) in [6.07, 6.45) is 0.659. The summed E-state index contributed by atoms with van der Waals surface area (Å²) in [5.41, 5.74) is 1.83. The van der Waals surface area contributed by atoms with Crippen LogP contribution in [0, 0.1) is 0 Å². The number of aromatic amines is 1. The van der Waals surface area contributed by atoms with E-state index in [1.165, 1.54) is 6.92 Å². The minimum absolute atomic E-state index is 0.102. The summed E-state index contributed by atoms with van der Waals surface area (Å²) in [7, 11) is 3.17. The molecule has 0 bridgehead atoms. The Bertz CT molecular complexity index is 706. The average molecular weight is 316 g/mol. The number of Topliss-reactive ketones (excluding diaryl/α,β-unsaturated/α-hetero) is 1. The van der Waals surface area contributed by atoms with Crippen LogP contribution in [0.5, 0.6) is 11.5 Å². The standard InChI is InChI=1S/C17H20N2O4/c1-11(20)13-5-6-14(19-13)17(21)18-9-8-12-4-7-15(22-2)16(10-12)23-3/h4-7,10,19H,8-9H2,1-3H3,(H,18,21). The molecule has 0 atom stereocenters. The van der Waals surface area contributed by atoms with E-state index >= 15 is 0 Å². The number of amides is 1. The van der Waals surface area contributed by atoms with E-state index in [0.717, 1.165) is 5.56 Å². The number of benzene rings is 1. The number of ether oxygens (including phenoxy) is 2. The normalized spacial score (nSPS) is 10.2. The van der Waals surface area contributed by atoms with Crippen molar-refractivity contribution < 1.29 is 19.1 Å².